The van der Waals surface area contributed by atoms with Gasteiger partial charge in [0.15, 0.2) is 0 Å². The Hall–Kier alpha value is -0.910. The molecule has 4 nitrogen and oxygen atoms in total. The fourth-order valence-corrected chi connectivity index (χ4v) is 1.33. The molecule has 2 N–H and O–H groups in total. The van der Waals surface area contributed by atoms with E-state index >= 15 is 0 Å². The van der Waals surface area contributed by atoms with Crippen molar-refractivity contribution in [3.63, 3.8) is 0 Å². The van der Waals surface area contributed by atoms with Crippen molar-refractivity contribution in [1.82, 2.24) is 5.32 Å². The van der Waals surface area contributed by atoms with Gasteiger partial charge in [-0.3, -0.25) is 4.79 Å². The number of carbonyl (C=O) groups excluding carboxylic acids is 1. The molecule has 0 unspecified atom stereocenters. The fraction of sp³-hybridized carbons (Fsp3) is 0.364. The third-order valence-electron chi connectivity index (χ3n) is 1.86. The van der Waals surface area contributed by atoms with Gasteiger partial charge in [-0.25, -0.2) is 0 Å². The number of amides is 1. The summed E-state index contributed by atoms with van der Waals surface area (Å²) >= 11 is 3.33. The van der Waals surface area contributed by atoms with Crippen molar-refractivity contribution in [3.8, 4) is 0 Å². The Morgan fingerprint density at radius 2 is 2.06 bits per heavy atom. The normalized spacial score (nSPS) is 10.1. The zero-order valence-electron chi connectivity index (χ0n) is 9.13. The molecule has 0 aromatic heterocycles. The molecular weight excluding hydrogens is 272 g/mol. The third-order valence-corrected chi connectivity index (χ3v) is 2.39. The molecule has 1 aromatic carbocycles. The summed E-state index contributed by atoms with van der Waals surface area (Å²) in [6, 6.07) is 7.40. The maximum Gasteiger partial charge on any atom is 0.250 e. The quantitative estimate of drug-likeness (QED) is 0.782. The van der Waals surface area contributed by atoms with Crippen LogP contribution in [0.2, 0.25) is 0 Å². The van der Waals surface area contributed by atoms with Gasteiger partial charge >= 0.3 is 0 Å². The molecule has 0 atom stereocenters. The minimum atomic E-state index is -0.140. The average molecular weight is 287 g/mol. The molecule has 0 saturated heterocycles. The van der Waals surface area contributed by atoms with Gasteiger partial charge in [0.25, 0.3) is 0 Å². The van der Waals surface area contributed by atoms with Crippen LogP contribution in [0.4, 0.5) is 5.69 Å². The summed E-state index contributed by atoms with van der Waals surface area (Å²) in [6.45, 7) is 1.35. The van der Waals surface area contributed by atoms with Gasteiger partial charge in [-0.1, -0.05) is 15.9 Å². The number of anilines is 1. The van der Waals surface area contributed by atoms with Gasteiger partial charge in [-0.2, -0.15) is 0 Å². The number of hydrogen-bond donors (Lipinski definition) is 2. The average Bonchev–Trinajstić information content (AvgIpc) is 2.28. The summed E-state index contributed by atoms with van der Waals surface area (Å²) < 4.78 is 6.13. The van der Waals surface area contributed by atoms with Gasteiger partial charge in [0, 0.05) is 16.7 Å². The van der Waals surface area contributed by atoms with E-state index in [0.29, 0.717) is 6.61 Å². The van der Waals surface area contributed by atoms with Crippen LogP contribution in [-0.4, -0.2) is 32.7 Å². The molecule has 0 bridgehead atoms. The summed E-state index contributed by atoms with van der Waals surface area (Å²) in [5.41, 5.74) is 0.769. The Morgan fingerprint density at radius 1 is 1.38 bits per heavy atom. The molecule has 0 aliphatic carbocycles. The van der Waals surface area contributed by atoms with Gasteiger partial charge < -0.3 is 15.4 Å². The lowest BCUT2D eigenvalue weighted by Gasteiger charge is -2.06. The molecular formula is C11H15BrN2O2. The number of halogens is 1. The van der Waals surface area contributed by atoms with Crippen LogP contribution in [0.3, 0.4) is 0 Å². The lowest BCUT2D eigenvalue weighted by molar-refractivity contribution is -0.120. The van der Waals surface area contributed by atoms with E-state index in [0.717, 1.165) is 16.7 Å². The first-order valence-electron chi connectivity index (χ1n) is 5.00. The molecule has 1 rings (SSSR count). The highest BCUT2D eigenvalue weighted by Gasteiger charge is 2.01. The van der Waals surface area contributed by atoms with Gasteiger partial charge in [-0.15, -0.1) is 0 Å². The molecule has 0 aliphatic rings. The molecule has 0 fully saturated rings. The van der Waals surface area contributed by atoms with E-state index in [1.54, 1.807) is 0 Å². The topological polar surface area (TPSA) is 50.4 Å². The first kappa shape index (κ1) is 13.2. The SMILES string of the molecule is CNCCOCC(=O)Nc1ccc(Br)cc1. The molecule has 0 saturated carbocycles. The monoisotopic (exact) mass is 286 g/mol. The number of likely N-dealkylation sites (N-methyl/N-ethyl adjacent to an activating group) is 1. The van der Waals surface area contributed by atoms with E-state index in [9.17, 15) is 4.79 Å². The zero-order chi connectivity index (χ0) is 11.8. The smallest absolute Gasteiger partial charge is 0.250 e. The van der Waals surface area contributed by atoms with Crippen molar-refractivity contribution in [2.75, 3.05) is 32.1 Å². The molecule has 0 radical (unpaired) electrons. The van der Waals surface area contributed by atoms with Crippen LogP contribution in [0.1, 0.15) is 0 Å². The van der Waals surface area contributed by atoms with Crippen molar-refractivity contribution in [1.29, 1.82) is 0 Å². The Labute approximate surface area is 103 Å². The van der Waals surface area contributed by atoms with Crippen molar-refractivity contribution >= 4 is 27.5 Å². The van der Waals surface area contributed by atoms with Crippen molar-refractivity contribution in [2.24, 2.45) is 0 Å². The standard InChI is InChI=1S/C11H15BrN2O2/c1-13-6-7-16-8-11(15)14-10-4-2-9(12)3-5-10/h2-5,13H,6-8H2,1H3,(H,14,15). The van der Waals surface area contributed by atoms with Gasteiger partial charge in [0.1, 0.15) is 6.61 Å². The number of hydrogen-bond acceptors (Lipinski definition) is 3. The van der Waals surface area contributed by atoms with Crippen LogP contribution in [0.15, 0.2) is 28.7 Å². The molecule has 88 valence electrons. The van der Waals surface area contributed by atoms with Crippen molar-refractivity contribution in [3.05, 3.63) is 28.7 Å². The summed E-state index contributed by atoms with van der Waals surface area (Å²) in [4.78, 5) is 11.4. The highest BCUT2D eigenvalue weighted by atomic mass is 79.9. The maximum absolute atomic E-state index is 11.4. The number of carbonyl (C=O) groups is 1. The van der Waals surface area contributed by atoms with Gasteiger partial charge in [0.2, 0.25) is 5.91 Å². The Kier molecular flexibility index (Phi) is 6.07. The van der Waals surface area contributed by atoms with E-state index in [2.05, 4.69) is 26.6 Å². The Bertz CT molecular complexity index is 327. The molecule has 5 heteroatoms. The second-order valence-electron chi connectivity index (χ2n) is 3.21. The molecule has 1 amide bonds. The van der Waals surface area contributed by atoms with Crippen molar-refractivity contribution < 1.29 is 9.53 Å². The Morgan fingerprint density at radius 3 is 2.69 bits per heavy atom. The molecule has 0 heterocycles. The van der Waals surface area contributed by atoms with E-state index < -0.39 is 0 Å². The highest BCUT2D eigenvalue weighted by molar-refractivity contribution is 9.10. The minimum absolute atomic E-state index is 0.0811. The van der Waals surface area contributed by atoms with Crippen LogP contribution in [0, 0.1) is 0 Å². The fourth-order valence-electron chi connectivity index (χ4n) is 1.07. The lowest BCUT2D eigenvalue weighted by atomic mass is 10.3. The summed E-state index contributed by atoms with van der Waals surface area (Å²) in [6.07, 6.45) is 0. The summed E-state index contributed by atoms with van der Waals surface area (Å²) in [7, 11) is 1.84. The van der Waals surface area contributed by atoms with Crippen LogP contribution in [0.5, 0.6) is 0 Å². The van der Waals surface area contributed by atoms with E-state index in [4.69, 9.17) is 4.74 Å². The van der Waals surface area contributed by atoms with E-state index in [-0.39, 0.29) is 12.5 Å². The minimum Gasteiger partial charge on any atom is -0.370 e. The lowest BCUT2D eigenvalue weighted by Crippen LogP contribution is -2.21. The van der Waals surface area contributed by atoms with Crippen LogP contribution in [0.25, 0.3) is 0 Å². The molecule has 16 heavy (non-hydrogen) atoms. The van der Waals surface area contributed by atoms with Crippen LogP contribution < -0.4 is 10.6 Å². The van der Waals surface area contributed by atoms with Crippen molar-refractivity contribution in [2.45, 2.75) is 0 Å². The second-order valence-corrected chi connectivity index (χ2v) is 4.13. The van der Waals surface area contributed by atoms with Gasteiger partial charge in [-0.05, 0) is 31.3 Å². The predicted molar refractivity (Wildman–Crippen MR) is 67.5 cm³/mol. The summed E-state index contributed by atoms with van der Waals surface area (Å²) in [5.74, 6) is -0.140. The van der Waals surface area contributed by atoms with Crippen LogP contribution in [-0.2, 0) is 9.53 Å². The molecule has 0 spiro atoms. The second kappa shape index (κ2) is 7.38. The van der Waals surface area contributed by atoms with Crippen LogP contribution >= 0.6 is 15.9 Å². The first-order valence-corrected chi connectivity index (χ1v) is 5.79. The number of benzene rings is 1. The van der Waals surface area contributed by atoms with E-state index in [1.807, 2.05) is 31.3 Å². The maximum atomic E-state index is 11.4. The zero-order valence-corrected chi connectivity index (χ0v) is 10.7. The Balaban J connectivity index is 2.26. The predicted octanol–water partition coefficient (Wildman–Crippen LogP) is 1.62. The number of nitrogens with one attached hydrogen (secondary N) is 2. The highest BCUT2D eigenvalue weighted by Crippen LogP contribution is 2.13. The number of ether oxygens (including phenoxy) is 1. The molecule has 1 aromatic rings. The van der Waals surface area contributed by atoms with E-state index in [1.165, 1.54) is 0 Å². The van der Waals surface area contributed by atoms with Gasteiger partial charge in [0.05, 0.1) is 6.61 Å². The summed E-state index contributed by atoms with van der Waals surface area (Å²) in [5, 5.41) is 5.68. The third kappa shape index (κ3) is 5.25. The number of rotatable bonds is 6. The largest absolute Gasteiger partial charge is 0.370 e. The first-order chi connectivity index (χ1) is 7.72. The molecule has 0 aliphatic heterocycles.